The Morgan fingerprint density at radius 1 is 1.04 bits per heavy atom. The first-order valence-electron chi connectivity index (χ1n) is 9.02. The number of amides is 1. The highest BCUT2D eigenvalue weighted by atomic mass is 16.2. The van der Waals surface area contributed by atoms with Crippen LogP contribution in [0.1, 0.15) is 30.6 Å². The molecule has 1 aliphatic rings. The zero-order valence-electron chi connectivity index (χ0n) is 15.5. The maximum atomic E-state index is 12.7. The Labute approximate surface area is 153 Å². The summed E-state index contributed by atoms with van der Waals surface area (Å²) < 4.78 is 0. The summed E-state index contributed by atoms with van der Waals surface area (Å²) >= 11 is 0. The minimum absolute atomic E-state index is 0.177. The summed E-state index contributed by atoms with van der Waals surface area (Å²) in [5.74, 6) is 0.203. The summed E-state index contributed by atoms with van der Waals surface area (Å²) in [7, 11) is 1.75. The molecule has 1 fully saturated rings. The Hall–Kier alpha value is -2.44. The third-order valence-electron chi connectivity index (χ3n) is 5.19. The largest absolute Gasteiger partial charge is 0.342 e. The van der Waals surface area contributed by atoms with Crippen LogP contribution in [0, 0.1) is 5.92 Å². The van der Waals surface area contributed by atoms with Crippen LogP contribution in [-0.2, 0) is 0 Å². The Morgan fingerprint density at radius 2 is 1.69 bits per heavy atom. The van der Waals surface area contributed by atoms with Crippen LogP contribution in [0.5, 0.6) is 0 Å². The van der Waals surface area contributed by atoms with Crippen LogP contribution in [0.2, 0.25) is 0 Å². The van der Waals surface area contributed by atoms with Crippen LogP contribution in [0.4, 0.5) is 0 Å². The van der Waals surface area contributed by atoms with Gasteiger partial charge >= 0.3 is 0 Å². The molecule has 2 atom stereocenters. The minimum atomic E-state index is -0.353. The molecule has 0 bridgehead atoms. The number of nitrogens with zero attached hydrogens (tertiary/aromatic N) is 1. The van der Waals surface area contributed by atoms with Gasteiger partial charge in [0.2, 0.25) is 0 Å². The zero-order chi connectivity index (χ0) is 18.7. The lowest BCUT2D eigenvalue weighted by Crippen LogP contribution is -2.35. The summed E-state index contributed by atoms with van der Waals surface area (Å²) in [5.41, 5.74) is 7.90. The summed E-state index contributed by atoms with van der Waals surface area (Å²) in [6, 6.07) is 13.7. The second-order valence-corrected chi connectivity index (χ2v) is 7.03. The molecule has 0 saturated carbocycles. The van der Waals surface area contributed by atoms with E-state index in [4.69, 9.17) is 0 Å². The molecule has 1 saturated heterocycles. The fraction of sp³-hybridized carbons (Fsp3) is 0.400. The first-order chi connectivity index (χ1) is 12.5. The van der Waals surface area contributed by atoms with E-state index < -0.39 is 0 Å². The second-order valence-electron chi connectivity index (χ2n) is 7.03. The molecule has 2 aromatic rings. The molecule has 1 aromatic heterocycles. The molecule has 2 unspecified atom stereocenters. The number of rotatable bonds is 5. The number of carbonyl (C=O) groups excluding carboxylic acids is 1. The molecular formula is C20H26N4O2. The van der Waals surface area contributed by atoms with Crippen molar-refractivity contribution in [3.05, 3.63) is 58.4 Å². The fourth-order valence-corrected chi connectivity index (χ4v) is 3.49. The molecule has 0 spiro atoms. The van der Waals surface area contributed by atoms with E-state index in [0.29, 0.717) is 30.2 Å². The van der Waals surface area contributed by atoms with Crippen LogP contribution < -0.4 is 16.4 Å². The van der Waals surface area contributed by atoms with E-state index in [1.54, 1.807) is 24.1 Å². The number of hydrogen-bond donors (Lipinski definition) is 3. The normalized spacial score (nSPS) is 22.3. The van der Waals surface area contributed by atoms with Gasteiger partial charge in [0.15, 0.2) is 0 Å². The number of carbonyl (C=O) groups is 1. The predicted molar refractivity (Wildman–Crippen MR) is 103 cm³/mol. The lowest BCUT2D eigenvalue weighted by molar-refractivity contribution is 0.0783. The molecule has 6 nitrogen and oxygen atoms in total. The molecule has 2 heterocycles. The van der Waals surface area contributed by atoms with E-state index in [9.17, 15) is 9.59 Å². The average molecular weight is 354 g/mol. The third kappa shape index (κ3) is 3.86. The van der Waals surface area contributed by atoms with Gasteiger partial charge in [0.1, 0.15) is 5.56 Å². The number of nitrogens with one attached hydrogen (secondary N) is 3. The molecule has 1 aromatic carbocycles. The molecule has 6 heteroatoms. The lowest BCUT2D eigenvalue weighted by Gasteiger charge is -2.22. The third-order valence-corrected chi connectivity index (χ3v) is 5.19. The Kier molecular flexibility index (Phi) is 5.54. The molecule has 3 N–H and O–H groups in total. The number of H-pyrrole nitrogens is 1. The maximum Gasteiger partial charge on any atom is 0.261 e. The van der Waals surface area contributed by atoms with Crippen LogP contribution in [0.25, 0.3) is 11.3 Å². The molecule has 0 radical (unpaired) electrons. The van der Waals surface area contributed by atoms with Gasteiger partial charge in [0, 0.05) is 31.4 Å². The molecule has 3 rings (SSSR count). The minimum Gasteiger partial charge on any atom is -0.342 e. The van der Waals surface area contributed by atoms with Crippen molar-refractivity contribution in [3.63, 3.8) is 0 Å². The van der Waals surface area contributed by atoms with Gasteiger partial charge < -0.3 is 9.88 Å². The van der Waals surface area contributed by atoms with Crippen LogP contribution in [-0.4, -0.2) is 41.5 Å². The maximum absolute atomic E-state index is 12.7. The van der Waals surface area contributed by atoms with Gasteiger partial charge in [-0.2, -0.15) is 0 Å². The summed E-state index contributed by atoms with van der Waals surface area (Å²) in [6.45, 7) is 4.88. The van der Waals surface area contributed by atoms with Gasteiger partial charge in [-0.3, -0.25) is 20.4 Å². The van der Waals surface area contributed by atoms with Crippen LogP contribution in [0.3, 0.4) is 0 Å². The SMILES string of the molecule is CC1NNC(C)C1CCN(C)C(=O)c1ccc(-c2ccccc2)[nH]c1=O. The van der Waals surface area contributed by atoms with Crippen molar-refractivity contribution in [2.24, 2.45) is 5.92 Å². The van der Waals surface area contributed by atoms with Gasteiger partial charge in [0.05, 0.1) is 0 Å². The fourth-order valence-electron chi connectivity index (χ4n) is 3.49. The standard InChI is InChI=1S/C20H26N4O2/c1-13-16(14(2)23-22-13)11-12-24(3)20(26)17-9-10-18(21-19(17)25)15-7-5-4-6-8-15/h4-10,13-14,16,22-23H,11-12H2,1-3H3,(H,21,25). The van der Waals surface area contributed by atoms with E-state index >= 15 is 0 Å². The number of aromatic amines is 1. The average Bonchev–Trinajstić information content (AvgIpc) is 2.97. The van der Waals surface area contributed by atoms with Gasteiger partial charge in [-0.15, -0.1) is 0 Å². The highest BCUT2D eigenvalue weighted by Crippen LogP contribution is 2.19. The summed E-state index contributed by atoms with van der Waals surface area (Å²) in [5, 5.41) is 0. The molecule has 26 heavy (non-hydrogen) atoms. The van der Waals surface area contributed by atoms with Gasteiger partial charge in [0.25, 0.3) is 11.5 Å². The van der Waals surface area contributed by atoms with Gasteiger partial charge in [-0.25, -0.2) is 0 Å². The smallest absolute Gasteiger partial charge is 0.261 e. The number of hydrazine groups is 1. The van der Waals surface area contributed by atoms with E-state index in [1.165, 1.54) is 0 Å². The number of benzene rings is 1. The van der Waals surface area contributed by atoms with Crippen molar-refractivity contribution >= 4 is 5.91 Å². The quantitative estimate of drug-likeness (QED) is 0.768. The first kappa shape index (κ1) is 18.4. The van der Waals surface area contributed by atoms with Crippen molar-refractivity contribution in [3.8, 4) is 11.3 Å². The predicted octanol–water partition coefficient (Wildman–Crippen LogP) is 2.01. The van der Waals surface area contributed by atoms with Crippen molar-refractivity contribution in [2.45, 2.75) is 32.4 Å². The number of aromatic nitrogens is 1. The van der Waals surface area contributed by atoms with Crippen LogP contribution >= 0.6 is 0 Å². The molecule has 138 valence electrons. The van der Waals surface area contributed by atoms with Gasteiger partial charge in [-0.1, -0.05) is 30.3 Å². The van der Waals surface area contributed by atoms with Gasteiger partial charge in [-0.05, 0) is 43.9 Å². The molecule has 1 amide bonds. The first-order valence-corrected chi connectivity index (χ1v) is 9.02. The van der Waals surface area contributed by atoms with E-state index in [0.717, 1.165) is 12.0 Å². The van der Waals surface area contributed by atoms with Crippen molar-refractivity contribution < 1.29 is 4.79 Å². The topological polar surface area (TPSA) is 77.2 Å². The van der Waals surface area contributed by atoms with E-state index in [2.05, 4.69) is 29.7 Å². The highest BCUT2D eigenvalue weighted by molar-refractivity contribution is 5.93. The lowest BCUT2D eigenvalue weighted by atomic mass is 9.93. The summed E-state index contributed by atoms with van der Waals surface area (Å²) in [6.07, 6.45) is 0.880. The number of pyridine rings is 1. The number of hydrogen-bond acceptors (Lipinski definition) is 4. The van der Waals surface area contributed by atoms with Crippen molar-refractivity contribution in [2.75, 3.05) is 13.6 Å². The zero-order valence-corrected chi connectivity index (χ0v) is 15.5. The second kappa shape index (κ2) is 7.85. The van der Waals surface area contributed by atoms with Crippen LogP contribution in [0.15, 0.2) is 47.3 Å². The Bertz CT molecular complexity index is 808. The summed E-state index contributed by atoms with van der Waals surface area (Å²) in [4.78, 5) is 29.5. The Balaban J connectivity index is 1.68. The van der Waals surface area contributed by atoms with E-state index in [1.807, 2.05) is 30.3 Å². The highest BCUT2D eigenvalue weighted by Gasteiger charge is 2.30. The van der Waals surface area contributed by atoms with Crippen molar-refractivity contribution in [1.82, 2.24) is 20.7 Å². The molecule has 0 aliphatic carbocycles. The molecule has 1 aliphatic heterocycles. The molecular weight excluding hydrogens is 328 g/mol. The monoisotopic (exact) mass is 354 g/mol. The van der Waals surface area contributed by atoms with Crippen molar-refractivity contribution in [1.29, 1.82) is 0 Å². The van der Waals surface area contributed by atoms with E-state index in [-0.39, 0.29) is 17.0 Å². The Morgan fingerprint density at radius 3 is 2.31 bits per heavy atom.